The topological polar surface area (TPSA) is 45.1 Å². The second-order valence-electron chi connectivity index (χ2n) is 6.61. The Morgan fingerprint density at radius 1 is 1.08 bits per heavy atom. The van der Waals surface area contributed by atoms with Crippen molar-refractivity contribution < 1.29 is 9.53 Å². The number of aliphatic imine (C=N–C) groups is 1. The van der Waals surface area contributed by atoms with Gasteiger partial charge in [0.15, 0.2) is 5.17 Å². The number of ether oxygens (including phenoxy) is 1. The van der Waals surface area contributed by atoms with E-state index in [-0.39, 0.29) is 24.2 Å². The highest BCUT2D eigenvalue weighted by atomic mass is 32.2. The van der Waals surface area contributed by atoms with Crippen LogP contribution in [0.1, 0.15) is 41.5 Å². The number of hydrogen-bond donors (Lipinski definition) is 0. The van der Waals surface area contributed by atoms with Gasteiger partial charge in [-0.2, -0.15) is 0 Å². The van der Waals surface area contributed by atoms with Gasteiger partial charge in [-0.05, 0) is 65.8 Å². The maximum Gasteiger partial charge on any atom is 0.331 e. The summed E-state index contributed by atoms with van der Waals surface area (Å²) in [4.78, 5) is 21.1. The van der Waals surface area contributed by atoms with Crippen molar-refractivity contribution in [2.24, 2.45) is 4.99 Å². The number of urea groups is 1. The zero-order chi connectivity index (χ0) is 17.9. The van der Waals surface area contributed by atoms with Crippen LogP contribution in [0.5, 0.6) is 5.75 Å². The molecule has 1 fully saturated rings. The molecule has 24 heavy (non-hydrogen) atoms. The van der Waals surface area contributed by atoms with Crippen LogP contribution in [0.4, 0.5) is 10.5 Å². The third-order valence-electron chi connectivity index (χ3n) is 3.37. The molecule has 5 nitrogen and oxygen atoms in total. The summed E-state index contributed by atoms with van der Waals surface area (Å²) in [7, 11) is 0. The quantitative estimate of drug-likeness (QED) is 0.781. The first-order chi connectivity index (χ1) is 11.3. The number of anilines is 1. The highest BCUT2D eigenvalue weighted by Gasteiger charge is 2.34. The van der Waals surface area contributed by atoms with Crippen molar-refractivity contribution in [1.82, 2.24) is 4.90 Å². The first-order valence-corrected chi connectivity index (χ1v) is 9.36. The van der Waals surface area contributed by atoms with Gasteiger partial charge in [0.2, 0.25) is 0 Å². The molecule has 1 aliphatic heterocycles. The van der Waals surface area contributed by atoms with Crippen LogP contribution in [0, 0.1) is 0 Å². The van der Waals surface area contributed by atoms with E-state index in [1.165, 1.54) is 0 Å². The summed E-state index contributed by atoms with van der Waals surface area (Å²) >= 11 is 1.60. The largest absolute Gasteiger partial charge is 0.491 e. The molecule has 1 heterocycles. The third-order valence-corrected chi connectivity index (χ3v) is 4.32. The van der Waals surface area contributed by atoms with Gasteiger partial charge < -0.3 is 4.74 Å². The van der Waals surface area contributed by atoms with E-state index >= 15 is 0 Å². The lowest BCUT2D eigenvalue weighted by atomic mass is 10.2. The molecule has 2 amide bonds. The molecular weight excluding hydrogens is 322 g/mol. The Hall–Kier alpha value is -1.69. The average Bonchev–Trinajstić information content (AvgIpc) is 2.47. The van der Waals surface area contributed by atoms with E-state index < -0.39 is 0 Å². The predicted molar refractivity (Wildman–Crippen MR) is 102 cm³/mol. The molecule has 1 aromatic carbocycles. The number of amidine groups is 1. The van der Waals surface area contributed by atoms with Crippen molar-refractivity contribution in [3.05, 3.63) is 24.3 Å². The summed E-state index contributed by atoms with van der Waals surface area (Å²) in [5.41, 5.74) is 0.873. The van der Waals surface area contributed by atoms with Crippen LogP contribution in [0.2, 0.25) is 0 Å². The van der Waals surface area contributed by atoms with Gasteiger partial charge in [0.25, 0.3) is 0 Å². The monoisotopic (exact) mass is 349 g/mol. The van der Waals surface area contributed by atoms with E-state index in [1.54, 1.807) is 21.6 Å². The molecule has 0 saturated carbocycles. The highest BCUT2D eigenvalue weighted by molar-refractivity contribution is 8.14. The molecule has 0 aromatic heterocycles. The van der Waals surface area contributed by atoms with Crippen LogP contribution in [0.15, 0.2) is 29.3 Å². The first kappa shape index (κ1) is 18.6. The lowest BCUT2D eigenvalue weighted by molar-refractivity contribution is 0.220. The molecule has 132 valence electrons. The van der Waals surface area contributed by atoms with E-state index in [1.807, 2.05) is 65.8 Å². The summed E-state index contributed by atoms with van der Waals surface area (Å²) in [5, 5.41) is 0.806. The van der Waals surface area contributed by atoms with Crippen LogP contribution in [0.25, 0.3) is 0 Å². The van der Waals surface area contributed by atoms with Gasteiger partial charge in [0, 0.05) is 17.8 Å². The fourth-order valence-electron chi connectivity index (χ4n) is 2.38. The minimum Gasteiger partial charge on any atom is -0.491 e. The standard InChI is InChI=1S/C18H27N3O2S/c1-12(2)19-17-21(13(3)4)18(22)20(11-24-17)15-7-9-16(10-8-15)23-14(5)6/h7-10,12-14H,11H2,1-6H3. The minimum atomic E-state index is -0.0272. The summed E-state index contributed by atoms with van der Waals surface area (Å²) in [6, 6.07) is 7.88. The maximum absolute atomic E-state index is 12.9. The SMILES string of the molecule is CC(C)N=C1SCN(c2ccc(OC(C)C)cc2)C(=O)N1C(C)C. The van der Waals surface area contributed by atoms with E-state index in [4.69, 9.17) is 4.74 Å². The first-order valence-electron chi connectivity index (χ1n) is 8.37. The van der Waals surface area contributed by atoms with E-state index in [2.05, 4.69) is 4.99 Å². The van der Waals surface area contributed by atoms with Gasteiger partial charge in [0.1, 0.15) is 5.75 Å². The summed E-state index contributed by atoms with van der Waals surface area (Å²) in [6.07, 6.45) is 0.134. The molecule has 1 aromatic rings. The number of hydrogen-bond acceptors (Lipinski definition) is 4. The zero-order valence-corrected chi connectivity index (χ0v) is 16.1. The fourth-order valence-corrected chi connectivity index (χ4v) is 3.60. The third kappa shape index (κ3) is 4.44. The number of carbonyl (C=O) groups is 1. The Kier molecular flexibility index (Phi) is 6.15. The van der Waals surface area contributed by atoms with Crippen molar-refractivity contribution in [2.75, 3.05) is 10.8 Å². The molecule has 1 saturated heterocycles. The molecular formula is C18H27N3O2S. The molecule has 0 radical (unpaired) electrons. The van der Waals surface area contributed by atoms with Gasteiger partial charge >= 0.3 is 6.03 Å². The highest BCUT2D eigenvalue weighted by Crippen LogP contribution is 2.29. The average molecular weight is 350 g/mol. The summed E-state index contributed by atoms with van der Waals surface area (Å²) < 4.78 is 5.67. The van der Waals surface area contributed by atoms with Crippen molar-refractivity contribution in [3.63, 3.8) is 0 Å². The molecule has 6 heteroatoms. The smallest absolute Gasteiger partial charge is 0.331 e. The number of nitrogens with zero attached hydrogens (tertiary/aromatic N) is 3. The van der Waals surface area contributed by atoms with Crippen LogP contribution >= 0.6 is 11.8 Å². The molecule has 1 aliphatic rings. The molecule has 0 unspecified atom stereocenters. The van der Waals surface area contributed by atoms with Crippen molar-refractivity contribution in [3.8, 4) is 5.75 Å². The summed E-state index contributed by atoms with van der Waals surface area (Å²) in [6.45, 7) is 12.1. The Morgan fingerprint density at radius 2 is 1.71 bits per heavy atom. The second kappa shape index (κ2) is 7.92. The van der Waals surface area contributed by atoms with Gasteiger partial charge in [-0.25, -0.2) is 4.79 Å². The van der Waals surface area contributed by atoms with Gasteiger partial charge in [-0.1, -0.05) is 11.8 Å². The van der Waals surface area contributed by atoms with Crippen molar-refractivity contribution in [1.29, 1.82) is 0 Å². The molecule has 0 atom stereocenters. The van der Waals surface area contributed by atoms with Gasteiger partial charge in [-0.3, -0.25) is 14.8 Å². The molecule has 0 aliphatic carbocycles. The lowest BCUT2D eigenvalue weighted by Gasteiger charge is -2.38. The molecule has 0 spiro atoms. The molecule has 2 rings (SSSR count). The van der Waals surface area contributed by atoms with E-state index in [0.717, 1.165) is 16.6 Å². The van der Waals surface area contributed by atoms with Crippen LogP contribution < -0.4 is 9.64 Å². The van der Waals surface area contributed by atoms with Crippen molar-refractivity contribution in [2.45, 2.75) is 59.7 Å². The lowest BCUT2D eigenvalue weighted by Crippen LogP contribution is -2.53. The zero-order valence-electron chi connectivity index (χ0n) is 15.3. The van der Waals surface area contributed by atoms with Gasteiger partial charge in [0.05, 0.1) is 12.0 Å². The van der Waals surface area contributed by atoms with Gasteiger partial charge in [-0.15, -0.1) is 0 Å². The Morgan fingerprint density at radius 3 is 2.21 bits per heavy atom. The van der Waals surface area contributed by atoms with Crippen LogP contribution in [-0.2, 0) is 0 Å². The fraction of sp³-hybridized carbons (Fsp3) is 0.556. The van der Waals surface area contributed by atoms with Crippen molar-refractivity contribution >= 4 is 28.6 Å². The Balaban J connectivity index is 2.22. The number of thioether (sulfide) groups is 1. The number of amides is 2. The second-order valence-corrected chi connectivity index (χ2v) is 7.53. The Bertz CT molecular complexity index is 597. The number of benzene rings is 1. The Labute approximate surface area is 149 Å². The van der Waals surface area contributed by atoms with E-state index in [9.17, 15) is 4.79 Å². The number of rotatable bonds is 5. The maximum atomic E-state index is 12.9. The normalized spacial score (nSPS) is 17.5. The minimum absolute atomic E-state index is 0.0272. The van der Waals surface area contributed by atoms with Crippen LogP contribution in [-0.4, -0.2) is 40.2 Å². The van der Waals surface area contributed by atoms with E-state index in [0.29, 0.717) is 5.88 Å². The molecule has 0 N–H and O–H groups in total. The van der Waals surface area contributed by atoms with Crippen LogP contribution in [0.3, 0.4) is 0 Å². The number of carbonyl (C=O) groups excluding carboxylic acids is 1. The predicted octanol–water partition coefficient (Wildman–Crippen LogP) is 4.58. The summed E-state index contributed by atoms with van der Waals surface area (Å²) in [5.74, 6) is 1.38. The molecule has 0 bridgehead atoms.